The molecule has 0 spiro atoms. The molecular weight excluding hydrogens is 310 g/mol. The van der Waals surface area contributed by atoms with E-state index in [1.54, 1.807) is 7.05 Å². The van der Waals surface area contributed by atoms with Gasteiger partial charge >= 0.3 is 0 Å². The molecule has 0 radical (unpaired) electrons. The van der Waals surface area contributed by atoms with Crippen LogP contribution >= 0.6 is 0 Å². The van der Waals surface area contributed by atoms with Crippen LogP contribution in [0.5, 0.6) is 0 Å². The lowest BCUT2D eigenvalue weighted by atomic mass is 10.1. The molecule has 6 heteroatoms. The molecule has 0 N–H and O–H groups in total. The average molecular weight is 335 g/mol. The van der Waals surface area contributed by atoms with Crippen molar-refractivity contribution in [3.8, 4) is 0 Å². The average Bonchev–Trinajstić information content (AvgIpc) is 2.77. The Morgan fingerprint density at radius 3 is 2.17 bits per heavy atom. The summed E-state index contributed by atoms with van der Waals surface area (Å²) in [4.78, 5) is 0.408. The normalized spacial score (nSPS) is 12.1. The first-order valence-corrected chi connectivity index (χ1v) is 9.18. The highest BCUT2D eigenvalue weighted by Gasteiger charge is 2.26. The highest BCUT2D eigenvalue weighted by Crippen LogP contribution is 2.25. The van der Waals surface area contributed by atoms with Crippen molar-refractivity contribution in [2.45, 2.75) is 52.6 Å². The highest BCUT2D eigenvalue weighted by molar-refractivity contribution is 7.89. The first kappa shape index (κ1) is 17.7. The van der Waals surface area contributed by atoms with Crippen molar-refractivity contribution in [3.05, 3.63) is 46.3 Å². The Balaban J connectivity index is 2.38. The minimum absolute atomic E-state index is 0.320. The van der Waals surface area contributed by atoms with Crippen molar-refractivity contribution in [2.24, 2.45) is 0 Å². The van der Waals surface area contributed by atoms with Crippen LogP contribution in [0.4, 0.5) is 0 Å². The molecule has 2 rings (SSSR count). The molecular formula is C17H25N3O2S. The minimum atomic E-state index is -3.53. The number of aryl methyl sites for hydroxylation is 5. The Bertz CT molecular complexity index is 799. The monoisotopic (exact) mass is 335 g/mol. The van der Waals surface area contributed by atoms with E-state index in [4.69, 9.17) is 0 Å². The minimum Gasteiger partial charge on any atom is -0.272 e. The van der Waals surface area contributed by atoms with Crippen LogP contribution in [0.2, 0.25) is 0 Å². The van der Waals surface area contributed by atoms with E-state index in [1.165, 1.54) is 4.31 Å². The summed E-state index contributed by atoms with van der Waals surface area (Å²) in [6.45, 7) is 10.7. The van der Waals surface area contributed by atoms with Gasteiger partial charge in [-0.3, -0.25) is 4.68 Å². The zero-order valence-corrected chi connectivity index (χ0v) is 15.5. The quantitative estimate of drug-likeness (QED) is 0.844. The van der Waals surface area contributed by atoms with Crippen molar-refractivity contribution in [1.29, 1.82) is 0 Å². The Kier molecular flexibility index (Phi) is 4.96. The standard InChI is InChI=1S/C17H25N3O2S/c1-7-20-11-16(15(5)18-20)10-19(6)23(21,22)17-13(3)8-12(2)9-14(17)4/h8-9,11H,7,10H2,1-6H3. The van der Waals surface area contributed by atoms with Gasteiger partial charge in [0.05, 0.1) is 10.6 Å². The first-order valence-electron chi connectivity index (χ1n) is 7.74. The summed E-state index contributed by atoms with van der Waals surface area (Å²) in [5.74, 6) is 0. The molecule has 23 heavy (non-hydrogen) atoms. The predicted molar refractivity (Wildman–Crippen MR) is 91.9 cm³/mol. The fraction of sp³-hybridized carbons (Fsp3) is 0.471. The van der Waals surface area contributed by atoms with Gasteiger partial charge in [0.15, 0.2) is 0 Å². The smallest absolute Gasteiger partial charge is 0.243 e. The van der Waals surface area contributed by atoms with E-state index in [9.17, 15) is 8.42 Å². The predicted octanol–water partition coefficient (Wildman–Crippen LogP) is 2.96. The van der Waals surface area contributed by atoms with Crippen LogP contribution in [0.3, 0.4) is 0 Å². The molecule has 0 aliphatic rings. The van der Waals surface area contributed by atoms with E-state index >= 15 is 0 Å². The Hall–Kier alpha value is -1.66. The Labute approximate surface area is 139 Å². The second-order valence-electron chi connectivity index (χ2n) is 6.08. The second kappa shape index (κ2) is 6.45. The maximum absolute atomic E-state index is 13.0. The fourth-order valence-electron chi connectivity index (χ4n) is 2.93. The zero-order valence-electron chi connectivity index (χ0n) is 14.7. The molecule has 0 saturated heterocycles. The Morgan fingerprint density at radius 2 is 1.70 bits per heavy atom. The zero-order chi connectivity index (χ0) is 17.4. The summed E-state index contributed by atoms with van der Waals surface area (Å²) >= 11 is 0. The molecule has 0 amide bonds. The van der Waals surface area contributed by atoms with Crippen LogP contribution in [0.25, 0.3) is 0 Å². The molecule has 0 bridgehead atoms. The number of nitrogens with zero attached hydrogens (tertiary/aromatic N) is 3. The van der Waals surface area contributed by atoms with Crippen molar-refractivity contribution >= 4 is 10.0 Å². The molecule has 1 aromatic heterocycles. The van der Waals surface area contributed by atoms with E-state index in [0.29, 0.717) is 11.4 Å². The van der Waals surface area contributed by atoms with Crippen LogP contribution in [0.15, 0.2) is 23.2 Å². The number of sulfonamides is 1. The van der Waals surface area contributed by atoms with Crippen molar-refractivity contribution in [3.63, 3.8) is 0 Å². The number of aromatic nitrogens is 2. The van der Waals surface area contributed by atoms with Crippen LogP contribution in [-0.2, 0) is 23.1 Å². The number of hydrogen-bond acceptors (Lipinski definition) is 3. The fourth-order valence-corrected chi connectivity index (χ4v) is 4.48. The lowest BCUT2D eigenvalue weighted by Gasteiger charge is -2.20. The van der Waals surface area contributed by atoms with Crippen LogP contribution < -0.4 is 0 Å². The van der Waals surface area contributed by atoms with E-state index in [-0.39, 0.29) is 0 Å². The third-order valence-electron chi connectivity index (χ3n) is 4.04. The van der Waals surface area contributed by atoms with E-state index in [0.717, 1.165) is 34.5 Å². The van der Waals surface area contributed by atoms with Gasteiger partial charge in [-0.1, -0.05) is 17.7 Å². The molecule has 126 valence electrons. The molecule has 1 aromatic carbocycles. The van der Waals surface area contributed by atoms with Gasteiger partial charge in [0.25, 0.3) is 0 Å². The molecule has 2 aromatic rings. The third kappa shape index (κ3) is 3.48. The van der Waals surface area contributed by atoms with Crippen LogP contribution in [0, 0.1) is 27.7 Å². The molecule has 5 nitrogen and oxygen atoms in total. The summed E-state index contributed by atoms with van der Waals surface area (Å²) in [5, 5.41) is 4.38. The molecule has 0 atom stereocenters. The van der Waals surface area contributed by atoms with Gasteiger partial charge in [0.1, 0.15) is 0 Å². The summed E-state index contributed by atoms with van der Waals surface area (Å²) in [5.41, 5.74) is 4.44. The molecule has 0 fully saturated rings. The number of hydrogen-bond donors (Lipinski definition) is 0. The van der Waals surface area contributed by atoms with Gasteiger partial charge in [0, 0.05) is 31.9 Å². The van der Waals surface area contributed by atoms with Gasteiger partial charge in [-0.2, -0.15) is 9.40 Å². The summed E-state index contributed by atoms with van der Waals surface area (Å²) in [7, 11) is -1.91. The van der Waals surface area contributed by atoms with Gasteiger partial charge in [-0.05, 0) is 45.7 Å². The van der Waals surface area contributed by atoms with Gasteiger partial charge in [0.2, 0.25) is 10.0 Å². The van der Waals surface area contributed by atoms with E-state index < -0.39 is 10.0 Å². The highest BCUT2D eigenvalue weighted by atomic mass is 32.2. The van der Waals surface area contributed by atoms with Crippen molar-refractivity contribution < 1.29 is 8.42 Å². The van der Waals surface area contributed by atoms with E-state index in [2.05, 4.69) is 5.10 Å². The maximum Gasteiger partial charge on any atom is 0.243 e. The molecule has 1 heterocycles. The van der Waals surface area contributed by atoms with Gasteiger partial charge < -0.3 is 0 Å². The molecule has 0 saturated carbocycles. The van der Waals surface area contributed by atoms with Gasteiger partial charge in [-0.15, -0.1) is 0 Å². The molecule has 0 aliphatic carbocycles. The maximum atomic E-state index is 13.0. The van der Waals surface area contributed by atoms with Crippen LogP contribution in [0.1, 0.15) is 34.9 Å². The van der Waals surface area contributed by atoms with Crippen LogP contribution in [-0.4, -0.2) is 29.6 Å². The molecule has 0 unspecified atom stereocenters. The van der Waals surface area contributed by atoms with Crippen molar-refractivity contribution in [1.82, 2.24) is 14.1 Å². The van der Waals surface area contributed by atoms with Gasteiger partial charge in [-0.25, -0.2) is 8.42 Å². The summed E-state index contributed by atoms with van der Waals surface area (Å²) in [6, 6.07) is 3.82. The third-order valence-corrected chi connectivity index (χ3v) is 6.15. The summed E-state index contributed by atoms with van der Waals surface area (Å²) < 4.78 is 29.2. The molecule has 0 aliphatic heterocycles. The lowest BCUT2D eigenvalue weighted by molar-refractivity contribution is 0.465. The Morgan fingerprint density at radius 1 is 1.13 bits per heavy atom. The number of rotatable bonds is 5. The SMILES string of the molecule is CCn1cc(CN(C)S(=O)(=O)c2c(C)cc(C)cc2C)c(C)n1. The topological polar surface area (TPSA) is 55.2 Å². The summed E-state index contributed by atoms with van der Waals surface area (Å²) in [6.07, 6.45) is 1.91. The number of benzene rings is 1. The largest absolute Gasteiger partial charge is 0.272 e. The van der Waals surface area contributed by atoms with E-state index in [1.807, 2.05) is 57.6 Å². The second-order valence-corrected chi connectivity index (χ2v) is 8.07. The van der Waals surface area contributed by atoms with Crippen molar-refractivity contribution in [2.75, 3.05) is 7.05 Å². The lowest BCUT2D eigenvalue weighted by Crippen LogP contribution is -2.28. The first-order chi connectivity index (χ1) is 10.7.